The average molecular weight is 248 g/mol. The van der Waals surface area contributed by atoms with Crippen molar-refractivity contribution in [2.75, 3.05) is 12.8 Å². The van der Waals surface area contributed by atoms with Crippen molar-refractivity contribution in [2.24, 2.45) is 5.41 Å². The minimum Gasteiger partial charge on any atom is -0.399 e. The Morgan fingerprint density at radius 1 is 1.33 bits per heavy atom. The second-order valence-electron chi connectivity index (χ2n) is 6.03. The zero-order valence-electron chi connectivity index (χ0n) is 12.2. The molecular formula is C15H24N2O. The number of aryl methyl sites for hydroxylation is 1. The Bertz CT molecular complexity index is 446. The topological polar surface area (TPSA) is 46.3 Å². The van der Waals surface area contributed by atoms with E-state index in [0.717, 1.165) is 11.3 Å². The van der Waals surface area contributed by atoms with Crippen molar-refractivity contribution in [3.8, 4) is 0 Å². The zero-order valence-corrected chi connectivity index (χ0v) is 12.2. The highest BCUT2D eigenvalue weighted by Gasteiger charge is 2.27. The Balaban J connectivity index is 2.97. The van der Waals surface area contributed by atoms with Crippen LogP contribution in [0.3, 0.4) is 0 Å². The van der Waals surface area contributed by atoms with Crippen molar-refractivity contribution >= 4 is 11.6 Å². The molecule has 0 heterocycles. The molecule has 1 rings (SSSR count). The van der Waals surface area contributed by atoms with Gasteiger partial charge in [0.1, 0.15) is 0 Å². The maximum absolute atomic E-state index is 12.4. The van der Waals surface area contributed by atoms with Crippen LogP contribution in [-0.2, 0) is 0 Å². The summed E-state index contributed by atoms with van der Waals surface area (Å²) in [6.45, 7) is 10.4. The SMILES string of the molecule is Cc1cc(C(=O)N(C)C(C)C(C)(C)C)ccc1N. The average Bonchev–Trinajstić information content (AvgIpc) is 2.28. The molecule has 1 aromatic carbocycles. The molecule has 1 unspecified atom stereocenters. The van der Waals surface area contributed by atoms with Crippen molar-refractivity contribution in [1.29, 1.82) is 0 Å². The summed E-state index contributed by atoms with van der Waals surface area (Å²) in [6.07, 6.45) is 0. The smallest absolute Gasteiger partial charge is 0.253 e. The second kappa shape index (κ2) is 5.01. The van der Waals surface area contributed by atoms with E-state index in [9.17, 15) is 4.79 Å². The summed E-state index contributed by atoms with van der Waals surface area (Å²) in [5, 5.41) is 0. The summed E-state index contributed by atoms with van der Waals surface area (Å²) >= 11 is 0. The van der Waals surface area contributed by atoms with Crippen LogP contribution in [0.25, 0.3) is 0 Å². The van der Waals surface area contributed by atoms with Crippen LogP contribution in [0, 0.1) is 12.3 Å². The number of amides is 1. The molecule has 0 aliphatic carbocycles. The molecule has 0 aromatic heterocycles. The fourth-order valence-corrected chi connectivity index (χ4v) is 1.77. The van der Waals surface area contributed by atoms with E-state index in [0.29, 0.717) is 5.56 Å². The summed E-state index contributed by atoms with van der Waals surface area (Å²) in [5.74, 6) is 0.0422. The van der Waals surface area contributed by atoms with Gasteiger partial charge in [0.05, 0.1) is 0 Å². The van der Waals surface area contributed by atoms with Crippen LogP contribution in [0.2, 0.25) is 0 Å². The normalized spacial score (nSPS) is 13.2. The maximum Gasteiger partial charge on any atom is 0.253 e. The number of nitrogen functional groups attached to an aromatic ring is 1. The van der Waals surface area contributed by atoms with Crippen LogP contribution in [0.5, 0.6) is 0 Å². The molecule has 0 aliphatic rings. The quantitative estimate of drug-likeness (QED) is 0.817. The molecule has 0 fully saturated rings. The van der Waals surface area contributed by atoms with Gasteiger partial charge in [0.25, 0.3) is 5.91 Å². The highest BCUT2D eigenvalue weighted by molar-refractivity contribution is 5.95. The van der Waals surface area contributed by atoms with Gasteiger partial charge in [-0.2, -0.15) is 0 Å². The van der Waals surface area contributed by atoms with Crippen molar-refractivity contribution in [3.05, 3.63) is 29.3 Å². The lowest BCUT2D eigenvalue weighted by Crippen LogP contribution is -2.42. The fourth-order valence-electron chi connectivity index (χ4n) is 1.77. The lowest BCUT2D eigenvalue weighted by molar-refractivity contribution is 0.0629. The van der Waals surface area contributed by atoms with E-state index in [1.807, 2.05) is 20.0 Å². The zero-order chi connectivity index (χ0) is 14.1. The highest BCUT2D eigenvalue weighted by atomic mass is 16.2. The Labute approximate surface area is 110 Å². The molecule has 18 heavy (non-hydrogen) atoms. The van der Waals surface area contributed by atoms with Gasteiger partial charge in [-0.1, -0.05) is 20.8 Å². The molecule has 0 spiro atoms. The molecule has 3 heteroatoms. The van der Waals surface area contributed by atoms with E-state index in [1.54, 1.807) is 17.0 Å². The number of benzene rings is 1. The van der Waals surface area contributed by atoms with E-state index in [2.05, 4.69) is 27.7 Å². The monoisotopic (exact) mass is 248 g/mol. The maximum atomic E-state index is 12.4. The van der Waals surface area contributed by atoms with E-state index in [4.69, 9.17) is 5.73 Å². The van der Waals surface area contributed by atoms with Gasteiger partial charge in [-0.25, -0.2) is 0 Å². The Morgan fingerprint density at radius 3 is 2.33 bits per heavy atom. The summed E-state index contributed by atoms with van der Waals surface area (Å²) in [7, 11) is 1.85. The number of carbonyl (C=O) groups excluding carboxylic acids is 1. The number of anilines is 1. The molecule has 0 radical (unpaired) electrons. The van der Waals surface area contributed by atoms with Gasteiger partial charge in [0.2, 0.25) is 0 Å². The Kier molecular flexibility index (Phi) is 4.05. The number of rotatable bonds is 2. The molecule has 3 nitrogen and oxygen atoms in total. The van der Waals surface area contributed by atoms with Crippen molar-refractivity contribution in [1.82, 2.24) is 4.90 Å². The Morgan fingerprint density at radius 2 is 1.89 bits per heavy atom. The summed E-state index contributed by atoms with van der Waals surface area (Å²) < 4.78 is 0. The van der Waals surface area contributed by atoms with Crippen molar-refractivity contribution < 1.29 is 4.79 Å². The summed E-state index contributed by atoms with van der Waals surface area (Å²) in [4.78, 5) is 14.2. The standard InChI is InChI=1S/C15H24N2O/c1-10-9-12(7-8-13(10)16)14(18)17(6)11(2)15(3,4)5/h7-9,11H,16H2,1-6H3. The third-order valence-corrected chi connectivity index (χ3v) is 3.67. The predicted octanol–water partition coefficient (Wildman–Crippen LogP) is 3.08. The molecule has 2 N–H and O–H groups in total. The lowest BCUT2D eigenvalue weighted by atomic mass is 9.87. The van der Waals surface area contributed by atoms with Gasteiger partial charge in [-0.15, -0.1) is 0 Å². The minimum atomic E-state index is 0.0422. The molecule has 0 saturated carbocycles. The van der Waals surface area contributed by atoms with Crippen LogP contribution >= 0.6 is 0 Å². The number of hydrogen-bond donors (Lipinski definition) is 1. The molecular weight excluding hydrogens is 224 g/mol. The van der Waals surface area contributed by atoms with E-state index in [-0.39, 0.29) is 17.4 Å². The molecule has 0 aliphatic heterocycles. The van der Waals surface area contributed by atoms with Crippen LogP contribution in [0.15, 0.2) is 18.2 Å². The van der Waals surface area contributed by atoms with Gasteiger partial charge >= 0.3 is 0 Å². The van der Waals surface area contributed by atoms with E-state index in [1.165, 1.54) is 0 Å². The van der Waals surface area contributed by atoms with Crippen molar-refractivity contribution in [3.63, 3.8) is 0 Å². The number of nitrogens with two attached hydrogens (primary N) is 1. The molecule has 1 aromatic rings. The number of hydrogen-bond acceptors (Lipinski definition) is 2. The molecule has 0 bridgehead atoms. The van der Waals surface area contributed by atoms with Gasteiger partial charge < -0.3 is 10.6 Å². The highest BCUT2D eigenvalue weighted by Crippen LogP contribution is 2.24. The second-order valence-corrected chi connectivity index (χ2v) is 6.03. The third kappa shape index (κ3) is 3.03. The first-order valence-corrected chi connectivity index (χ1v) is 6.28. The van der Waals surface area contributed by atoms with Gasteiger partial charge in [-0.05, 0) is 43.0 Å². The molecule has 0 saturated heterocycles. The molecule has 100 valence electrons. The first kappa shape index (κ1) is 14.6. The minimum absolute atomic E-state index is 0.0422. The van der Waals surface area contributed by atoms with E-state index >= 15 is 0 Å². The van der Waals surface area contributed by atoms with Gasteiger partial charge in [0, 0.05) is 24.3 Å². The van der Waals surface area contributed by atoms with Gasteiger partial charge in [0.15, 0.2) is 0 Å². The van der Waals surface area contributed by atoms with Crippen LogP contribution in [-0.4, -0.2) is 23.9 Å². The first-order valence-electron chi connectivity index (χ1n) is 6.28. The number of nitrogens with zero attached hydrogens (tertiary/aromatic N) is 1. The third-order valence-electron chi connectivity index (χ3n) is 3.67. The fraction of sp³-hybridized carbons (Fsp3) is 0.533. The Hall–Kier alpha value is -1.51. The van der Waals surface area contributed by atoms with Crippen LogP contribution in [0.1, 0.15) is 43.6 Å². The number of carbonyl (C=O) groups is 1. The lowest BCUT2D eigenvalue weighted by Gasteiger charge is -2.35. The predicted molar refractivity (Wildman–Crippen MR) is 76.6 cm³/mol. The van der Waals surface area contributed by atoms with Gasteiger partial charge in [-0.3, -0.25) is 4.79 Å². The van der Waals surface area contributed by atoms with Crippen LogP contribution in [0.4, 0.5) is 5.69 Å². The van der Waals surface area contributed by atoms with Crippen LogP contribution < -0.4 is 5.73 Å². The van der Waals surface area contributed by atoms with Crippen molar-refractivity contribution in [2.45, 2.75) is 40.7 Å². The van der Waals surface area contributed by atoms with E-state index < -0.39 is 0 Å². The summed E-state index contributed by atoms with van der Waals surface area (Å²) in [6, 6.07) is 5.60. The largest absolute Gasteiger partial charge is 0.399 e. The molecule has 1 amide bonds. The summed E-state index contributed by atoms with van der Waals surface area (Å²) in [5.41, 5.74) is 8.19. The molecule has 1 atom stereocenters. The first-order chi connectivity index (χ1) is 8.14.